The maximum atomic E-state index is 13.1. The molecule has 0 aliphatic heterocycles. The van der Waals surface area contributed by atoms with Crippen molar-refractivity contribution in [2.75, 3.05) is 6.61 Å². The summed E-state index contributed by atoms with van der Waals surface area (Å²) in [7, 11) is 0. The Hall–Kier alpha value is -1.92. The van der Waals surface area contributed by atoms with Gasteiger partial charge in [-0.05, 0) is 63.9 Å². The van der Waals surface area contributed by atoms with Crippen LogP contribution in [0.2, 0.25) is 0 Å². The van der Waals surface area contributed by atoms with Crippen LogP contribution in [0.5, 0.6) is 0 Å². The Bertz CT molecular complexity index is 946. The molecule has 0 heterocycles. The van der Waals surface area contributed by atoms with Crippen molar-refractivity contribution in [3.8, 4) is 0 Å². The highest BCUT2D eigenvalue weighted by Crippen LogP contribution is 2.16. The Balaban J connectivity index is 4.62. The second kappa shape index (κ2) is 45.2. The molecule has 0 saturated heterocycles. The molecule has 6 nitrogen and oxygen atoms in total. The van der Waals surface area contributed by atoms with Crippen molar-refractivity contribution in [2.45, 2.75) is 270 Å². The molecule has 0 bridgehead atoms. The molecule has 0 fully saturated rings. The number of carbonyl (C=O) groups is 2. The molecular formula is C51H95NO5. The zero-order valence-electron chi connectivity index (χ0n) is 38.0. The predicted octanol–water partition coefficient (Wildman–Crippen LogP) is 14.5. The topological polar surface area (TPSA) is 95.9 Å². The summed E-state index contributed by atoms with van der Waals surface area (Å²) in [5.41, 5.74) is 0. The highest BCUT2D eigenvalue weighted by Gasteiger charge is 2.23. The number of amides is 1. The summed E-state index contributed by atoms with van der Waals surface area (Å²) in [6, 6.07) is -0.729. The van der Waals surface area contributed by atoms with Gasteiger partial charge in [0.1, 0.15) is 6.10 Å². The van der Waals surface area contributed by atoms with Crippen molar-refractivity contribution in [3.05, 3.63) is 36.5 Å². The molecule has 0 aromatic heterocycles. The molecule has 0 rings (SSSR count). The lowest BCUT2D eigenvalue weighted by atomic mass is 10.0. The average molecular weight is 802 g/mol. The van der Waals surface area contributed by atoms with Gasteiger partial charge in [-0.2, -0.15) is 0 Å². The lowest BCUT2D eigenvalue weighted by Crippen LogP contribution is -2.46. The number of aliphatic hydroxyl groups excluding tert-OH is 2. The second-order valence-electron chi connectivity index (χ2n) is 16.9. The van der Waals surface area contributed by atoms with Gasteiger partial charge in [0.05, 0.1) is 25.2 Å². The summed E-state index contributed by atoms with van der Waals surface area (Å²) in [4.78, 5) is 26.0. The Labute approximate surface area is 353 Å². The number of unbranched alkanes of at least 4 members (excludes halogenated alkanes) is 28. The fraction of sp³-hybridized carbons (Fsp3) is 0.843. The zero-order chi connectivity index (χ0) is 41.7. The highest BCUT2D eigenvalue weighted by molar-refractivity contribution is 5.78. The smallest absolute Gasteiger partial charge is 0.306 e. The van der Waals surface area contributed by atoms with Gasteiger partial charge in [-0.15, -0.1) is 0 Å². The number of hydrogen-bond donors (Lipinski definition) is 3. The molecule has 6 heteroatoms. The van der Waals surface area contributed by atoms with Crippen LogP contribution in [-0.2, 0) is 14.3 Å². The van der Waals surface area contributed by atoms with Crippen LogP contribution in [0.1, 0.15) is 252 Å². The van der Waals surface area contributed by atoms with Crippen molar-refractivity contribution < 1.29 is 24.5 Å². The first-order valence-electron chi connectivity index (χ1n) is 24.7. The predicted molar refractivity (Wildman–Crippen MR) is 246 cm³/mol. The molecule has 0 radical (unpaired) electrons. The van der Waals surface area contributed by atoms with Crippen LogP contribution < -0.4 is 5.32 Å². The van der Waals surface area contributed by atoms with E-state index < -0.39 is 18.2 Å². The van der Waals surface area contributed by atoms with Crippen molar-refractivity contribution in [1.29, 1.82) is 0 Å². The number of esters is 1. The third-order valence-corrected chi connectivity index (χ3v) is 11.2. The van der Waals surface area contributed by atoms with Crippen LogP contribution in [0, 0.1) is 0 Å². The molecule has 0 aromatic rings. The van der Waals surface area contributed by atoms with Gasteiger partial charge in [0.15, 0.2) is 0 Å². The fourth-order valence-corrected chi connectivity index (χ4v) is 7.39. The van der Waals surface area contributed by atoms with E-state index in [-0.39, 0.29) is 24.9 Å². The van der Waals surface area contributed by atoms with Gasteiger partial charge in [-0.1, -0.05) is 212 Å². The van der Waals surface area contributed by atoms with Gasteiger partial charge in [-0.3, -0.25) is 9.59 Å². The number of carbonyl (C=O) groups excluding carboxylic acids is 2. The Morgan fingerprint density at radius 2 is 0.930 bits per heavy atom. The molecule has 0 spiro atoms. The van der Waals surface area contributed by atoms with Gasteiger partial charge in [0, 0.05) is 6.42 Å². The standard InChI is InChI=1S/C51H95NO5/c1-4-7-10-13-16-19-22-24-25-26-29-32-35-38-41-44-51(56)57-47(42-39-36-33-30-27-21-18-15-12-9-6-3)45-50(55)52-48(46-53)49(54)43-40-37-34-31-28-23-20-17-14-11-8-5-2/h19,22,30,33,39,42,47-49,53-54H,4-18,20-21,23-29,31-32,34-38,40-41,43-46H2,1-3H3,(H,52,55)/b22-19-,33-30-,42-39+. The van der Waals surface area contributed by atoms with Crippen molar-refractivity contribution >= 4 is 11.9 Å². The monoisotopic (exact) mass is 802 g/mol. The number of aliphatic hydroxyl groups is 2. The van der Waals surface area contributed by atoms with Crippen LogP contribution in [0.4, 0.5) is 0 Å². The minimum absolute atomic E-state index is 0.0282. The molecule has 3 N–H and O–H groups in total. The van der Waals surface area contributed by atoms with Crippen LogP contribution in [0.25, 0.3) is 0 Å². The van der Waals surface area contributed by atoms with E-state index in [9.17, 15) is 19.8 Å². The average Bonchev–Trinajstić information content (AvgIpc) is 3.20. The number of ether oxygens (including phenoxy) is 1. The second-order valence-corrected chi connectivity index (χ2v) is 16.9. The Kier molecular flexibility index (Phi) is 43.6. The molecule has 3 unspecified atom stereocenters. The summed E-state index contributed by atoms with van der Waals surface area (Å²) in [6.45, 7) is 6.43. The maximum absolute atomic E-state index is 13.1. The van der Waals surface area contributed by atoms with E-state index in [1.165, 1.54) is 161 Å². The van der Waals surface area contributed by atoms with Gasteiger partial charge in [0.2, 0.25) is 5.91 Å². The molecule has 0 aliphatic carbocycles. The molecule has 0 aliphatic rings. The quantitative estimate of drug-likeness (QED) is 0.0324. The van der Waals surface area contributed by atoms with Crippen molar-refractivity contribution in [3.63, 3.8) is 0 Å². The van der Waals surface area contributed by atoms with Crippen LogP contribution >= 0.6 is 0 Å². The molecule has 334 valence electrons. The van der Waals surface area contributed by atoms with Gasteiger partial charge in [0.25, 0.3) is 0 Å². The maximum Gasteiger partial charge on any atom is 0.306 e. The fourth-order valence-electron chi connectivity index (χ4n) is 7.39. The normalized spacial score (nSPS) is 13.6. The lowest BCUT2D eigenvalue weighted by molar-refractivity contribution is -0.148. The summed E-state index contributed by atoms with van der Waals surface area (Å²) < 4.78 is 5.81. The van der Waals surface area contributed by atoms with Gasteiger partial charge in [-0.25, -0.2) is 0 Å². The lowest BCUT2D eigenvalue weighted by Gasteiger charge is -2.23. The molecule has 3 atom stereocenters. The number of nitrogens with one attached hydrogen (secondary N) is 1. The Morgan fingerprint density at radius 1 is 0.526 bits per heavy atom. The number of rotatable bonds is 44. The van der Waals surface area contributed by atoms with E-state index in [0.717, 1.165) is 51.4 Å². The van der Waals surface area contributed by atoms with Gasteiger partial charge < -0.3 is 20.3 Å². The molecule has 0 aromatic carbocycles. The highest BCUT2D eigenvalue weighted by atomic mass is 16.5. The van der Waals surface area contributed by atoms with E-state index >= 15 is 0 Å². The van der Waals surface area contributed by atoms with E-state index in [1.807, 2.05) is 12.2 Å². The first-order valence-corrected chi connectivity index (χ1v) is 24.7. The van der Waals surface area contributed by atoms with Crippen molar-refractivity contribution in [1.82, 2.24) is 5.32 Å². The van der Waals surface area contributed by atoms with Crippen molar-refractivity contribution in [2.24, 2.45) is 0 Å². The van der Waals surface area contributed by atoms with E-state index in [4.69, 9.17) is 4.74 Å². The number of hydrogen-bond acceptors (Lipinski definition) is 5. The summed E-state index contributed by atoms with van der Waals surface area (Å²) in [6.07, 6.45) is 52.3. The summed E-state index contributed by atoms with van der Waals surface area (Å²) in [5, 5.41) is 23.6. The SMILES string of the molecule is CCCCCC/C=C\CCCCCCCCCC(=O)OC(/C=C/C/C=C\CCCCCCCC)CC(=O)NC(CO)C(O)CCCCCCCCCCCCCC. The first kappa shape index (κ1) is 55.1. The molecule has 1 amide bonds. The summed E-state index contributed by atoms with van der Waals surface area (Å²) >= 11 is 0. The Morgan fingerprint density at radius 3 is 1.40 bits per heavy atom. The van der Waals surface area contributed by atoms with Crippen LogP contribution in [0.3, 0.4) is 0 Å². The zero-order valence-corrected chi connectivity index (χ0v) is 38.0. The molecule has 57 heavy (non-hydrogen) atoms. The minimum Gasteiger partial charge on any atom is -0.458 e. The molecule has 0 saturated carbocycles. The van der Waals surface area contributed by atoms with Gasteiger partial charge >= 0.3 is 5.97 Å². The van der Waals surface area contributed by atoms with Crippen LogP contribution in [-0.4, -0.2) is 46.9 Å². The van der Waals surface area contributed by atoms with E-state index in [0.29, 0.717) is 12.8 Å². The van der Waals surface area contributed by atoms with Crippen LogP contribution in [0.15, 0.2) is 36.5 Å². The largest absolute Gasteiger partial charge is 0.458 e. The summed E-state index contributed by atoms with van der Waals surface area (Å²) in [5.74, 6) is -0.602. The minimum atomic E-state index is -0.808. The first-order chi connectivity index (χ1) is 28.0. The number of allylic oxidation sites excluding steroid dienone is 5. The van der Waals surface area contributed by atoms with E-state index in [2.05, 4.69) is 50.4 Å². The van der Waals surface area contributed by atoms with E-state index in [1.54, 1.807) is 0 Å². The third-order valence-electron chi connectivity index (χ3n) is 11.2. The third kappa shape index (κ3) is 40.6. The molecular weight excluding hydrogens is 707 g/mol.